The molecule has 14 heavy (non-hydrogen) atoms. The fourth-order valence-electron chi connectivity index (χ4n) is 1.27. The fourth-order valence-corrected chi connectivity index (χ4v) is 1.27. The lowest BCUT2D eigenvalue weighted by atomic mass is 10.2. The molecule has 0 aliphatic carbocycles. The highest BCUT2D eigenvalue weighted by Crippen LogP contribution is 2.24. The third-order valence-electron chi connectivity index (χ3n) is 1.87. The number of nitrogens with one attached hydrogen (secondary N) is 1. The SMILES string of the molecule is [N-]=[N+]=Nc1ncc(C=O)c2cc[nH]c12. The lowest BCUT2D eigenvalue weighted by molar-refractivity contribution is 0.112. The van der Waals surface area contributed by atoms with Crippen molar-refractivity contribution < 1.29 is 4.79 Å². The molecule has 2 aromatic rings. The lowest BCUT2D eigenvalue weighted by Gasteiger charge is -1.96. The zero-order valence-corrected chi connectivity index (χ0v) is 7.01. The molecule has 2 aromatic heterocycles. The van der Waals surface area contributed by atoms with Gasteiger partial charge in [-0.2, -0.15) is 0 Å². The summed E-state index contributed by atoms with van der Waals surface area (Å²) in [5.41, 5.74) is 9.32. The van der Waals surface area contributed by atoms with Gasteiger partial charge in [-0.15, -0.1) is 0 Å². The van der Waals surface area contributed by atoms with Gasteiger partial charge in [-0.05, 0) is 16.7 Å². The number of carbonyl (C=O) groups excluding carboxylic acids is 1. The van der Waals surface area contributed by atoms with Gasteiger partial charge < -0.3 is 4.98 Å². The third-order valence-corrected chi connectivity index (χ3v) is 1.87. The van der Waals surface area contributed by atoms with Crippen LogP contribution in [0.1, 0.15) is 10.4 Å². The van der Waals surface area contributed by atoms with Crippen LogP contribution in [0.2, 0.25) is 0 Å². The Balaban J connectivity index is 2.84. The molecule has 2 heterocycles. The normalized spacial score (nSPS) is 9.71. The van der Waals surface area contributed by atoms with Gasteiger partial charge in [0.05, 0.1) is 5.52 Å². The summed E-state index contributed by atoms with van der Waals surface area (Å²) < 4.78 is 0. The average Bonchev–Trinajstić information content (AvgIpc) is 2.67. The molecule has 0 atom stereocenters. The number of rotatable bonds is 2. The van der Waals surface area contributed by atoms with Gasteiger partial charge in [0.1, 0.15) is 0 Å². The van der Waals surface area contributed by atoms with E-state index in [4.69, 9.17) is 5.53 Å². The minimum absolute atomic E-state index is 0.248. The molecule has 0 saturated carbocycles. The largest absolute Gasteiger partial charge is 0.360 e. The summed E-state index contributed by atoms with van der Waals surface area (Å²) >= 11 is 0. The number of fused-ring (bicyclic) bond motifs is 1. The molecule has 1 N–H and O–H groups in total. The van der Waals surface area contributed by atoms with Gasteiger partial charge in [0.2, 0.25) is 0 Å². The molecular formula is C8H5N5O. The van der Waals surface area contributed by atoms with Crippen LogP contribution >= 0.6 is 0 Å². The highest BCUT2D eigenvalue weighted by Gasteiger charge is 2.05. The lowest BCUT2D eigenvalue weighted by Crippen LogP contribution is -1.84. The Hall–Kier alpha value is -2.33. The number of azide groups is 1. The van der Waals surface area contributed by atoms with Gasteiger partial charge >= 0.3 is 0 Å². The van der Waals surface area contributed by atoms with Gasteiger partial charge in [-0.1, -0.05) is 0 Å². The van der Waals surface area contributed by atoms with Crippen molar-refractivity contribution in [3.05, 3.63) is 34.5 Å². The summed E-state index contributed by atoms with van der Waals surface area (Å²) in [6.07, 6.45) is 3.76. The van der Waals surface area contributed by atoms with Gasteiger partial charge in [0.15, 0.2) is 12.1 Å². The van der Waals surface area contributed by atoms with Crippen molar-refractivity contribution in [1.82, 2.24) is 9.97 Å². The van der Waals surface area contributed by atoms with E-state index in [2.05, 4.69) is 20.0 Å². The van der Waals surface area contributed by atoms with Crippen molar-refractivity contribution in [2.45, 2.75) is 0 Å². The van der Waals surface area contributed by atoms with Crippen LogP contribution in [-0.2, 0) is 0 Å². The van der Waals surface area contributed by atoms with E-state index < -0.39 is 0 Å². The maximum Gasteiger partial charge on any atom is 0.152 e. The van der Waals surface area contributed by atoms with E-state index in [1.807, 2.05) is 0 Å². The van der Waals surface area contributed by atoms with E-state index in [1.54, 1.807) is 12.3 Å². The van der Waals surface area contributed by atoms with Crippen LogP contribution in [0.25, 0.3) is 21.3 Å². The van der Waals surface area contributed by atoms with Crippen LogP contribution < -0.4 is 0 Å². The molecule has 0 fully saturated rings. The van der Waals surface area contributed by atoms with Crippen LogP contribution in [0.4, 0.5) is 5.82 Å². The predicted molar refractivity (Wildman–Crippen MR) is 50.3 cm³/mol. The molecule has 0 aliphatic heterocycles. The Morgan fingerprint density at radius 2 is 2.50 bits per heavy atom. The number of aromatic amines is 1. The molecule has 0 unspecified atom stereocenters. The quantitative estimate of drug-likeness (QED) is 0.338. The zero-order chi connectivity index (χ0) is 9.97. The first-order chi connectivity index (χ1) is 6.86. The van der Waals surface area contributed by atoms with E-state index in [0.717, 1.165) is 0 Å². The standard InChI is InChI=1S/C8H5N5O/c9-13-12-8-7-6(1-2-10-7)5(4-14)3-11-8/h1-4,10H. The molecule has 0 saturated heterocycles. The molecule has 0 spiro atoms. The fraction of sp³-hybridized carbons (Fsp3) is 0. The topological polar surface area (TPSA) is 94.5 Å². The second-order valence-electron chi connectivity index (χ2n) is 2.61. The first kappa shape index (κ1) is 8.28. The molecule has 0 amide bonds. The molecule has 0 radical (unpaired) electrons. The van der Waals surface area contributed by atoms with E-state index in [1.165, 1.54) is 6.20 Å². The maximum absolute atomic E-state index is 10.6. The highest BCUT2D eigenvalue weighted by molar-refractivity contribution is 5.99. The number of carbonyl (C=O) groups is 1. The average molecular weight is 187 g/mol. The summed E-state index contributed by atoms with van der Waals surface area (Å²) in [7, 11) is 0. The second kappa shape index (κ2) is 3.20. The highest BCUT2D eigenvalue weighted by atomic mass is 16.1. The van der Waals surface area contributed by atoms with Crippen molar-refractivity contribution in [1.29, 1.82) is 0 Å². The molecule has 0 aliphatic rings. The minimum atomic E-state index is 0.248. The minimum Gasteiger partial charge on any atom is -0.360 e. The summed E-state index contributed by atoms with van der Waals surface area (Å²) in [5, 5.41) is 4.11. The number of hydrogen-bond acceptors (Lipinski definition) is 3. The van der Waals surface area contributed by atoms with Crippen LogP contribution in [0, 0.1) is 0 Å². The molecule has 68 valence electrons. The smallest absolute Gasteiger partial charge is 0.152 e. The molecule has 0 bridgehead atoms. The molecule has 2 rings (SSSR count). The Labute approximate surface area is 78.2 Å². The van der Waals surface area contributed by atoms with Gasteiger partial charge in [-0.3, -0.25) is 9.78 Å². The van der Waals surface area contributed by atoms with Crippen LogP contribution in [0.5, 0.6) is 0 Å². The Morgan fingerprint density at radius 3 is 3.21 bits per heavy atom. The first-order valence-electron chi connectivity index (χ1n) is 3.83. The van der Waals surface area contributed by atoms with Crippen molar-refractivity contribution in [2.75, 3.05) is 0 Å². The molecule has 6 heteroatoms. The summed E-state index contributed by atoms with van der Waals surface area (Å²) in [4.78, 5) is 20.0. The summed E-state index contributed by atoms with van der Waals surface area (Å²) in [6.45, 7) is 0. The number of nitrogens with zero attached hydrogens (tertiary/aromatic N) is 4. The van der Waals surface area contributed by atoms with Crippen molar-refractivity contribution >= 4 is 23.0 Å². The van der Waals surface area contributed by atoms with E-state index in [9.17, 15) is 4.79 Å². The molecule has 0 aromatic carbocycles. The first-order valence-corrected chi connectivity index (χ1v) is 3.83. The van der Waals surface area contributed by atoms with Crippen molar-refractivity contribution in [2.24, 2.45) is 5.11 Å². The third kappa shape index (κ3) is 1.10. The Bertz CT molecular complexity index is 538. The number of H-pyrrole nitrogens is 1. The van der Waals surface area contributed by atoms with E-state index >= 15 is 0 Å². The van der Waals surface area contributed by atoms with Gasteiger partial charge in [-0.25, -0.2) is 0 Å². The van der Waals surface area contributed by atoms with Crippen molar-refractivity contribution in [3.8, 4) is 0 Å². The monoisotopic (exact) mass is 187 g/mol. The van der Waals surface area contributed by atoms with E-state index in [-0.39, 0.29) is 5.82 Å². The molecular weight excluding hydrogens is 182 g/mol. The van der Waals surface area contributed by atoms with Gasteiger partial charge in [0.25, 0.3) is 0 Å². The number of hydrogen-bond donors (Lipinski definition) is 1. The Morgan fingerprint density at radius 1 is 1.64 bits per heavy atom. The van der Waals surface area contributed by atoms with Gasteiger partial charge in [0, 0.05) is 28.3 Å². The summed E-state index contributed by atoms with van der Waals surface area (Å²) in [6, 6.07) is 1.73. The summed E-state index contributed by atoms with van der Waals surface area (Å²) in [5.74, 6) is 0.248. The predicted octanol–water partition coefficient (Wildman–Crippen LogP) is 2.32. The molecule has 6 nitrogen and oxygen atoms in total. The number of pyridine rings is 1. The van der Waals surface area contributed by atoms with Crippen molar-refractivity contribution in [3.63, 3.8) is 0 Å². The van der Waals surface area contributed by atoms with Crippen LogP contribution in [0.3, 0.4) is 0 Å². The maximum atomic E-state index is 10.6. The number of aromatic nitrogens is 2. The van der Waals surface area contributed by atoms with Crippen LogP contribution in [-0.4, -0.2) is 16.3 Å². The Kier molecular flexibility index (Phi) is 1.89. The number of aldehydes is 1. The van der Waals surface area contributed by atoms with Crippen LogP contribution in [0.15, 0.2) is 23.6 Å². The zero-order valence-electron chi connectivity index (χ0n) is 7.01. The second-order valence-corrected chi connectivity index (χ2v) is 2.61. The van der Waals surface area contributed by atoms with E-state index in [0.29, 0.717) is 22.8 Å².